The lowest BCUT2D eigenvalue weighted by Gasteiger charge is -2.13. The topological polar surface area (TPSA) is 54.0 Å². The van der Waals surface area contributed by atoms with Gasteiger partial charge in [0.15, 0.2) is 0 Å². The first-order valence-corrected chi connectivity index (χ1v) is 9.90. The Hall–Kier alpha value is -3.37. The van der Waals surface area contributed by atoms with Crippen LogP contribution in [0.4, 0.5) is 11.4 Å². The monoisotopic (exact) mass is 401 g/mol. The average Bonchev–Trinajstić information content (AvgIpc) is 2.78. The van der Waals surface area contributed by atoms with Crippen LogP contribution in [-0.4, -0.2) is 10.9 Å². The number of hydrogen-bond donors (Lipinski definition) is 2. The number of amides is 1. The van der Waals surface area contributed by atoms with Gasteiger partial charge < -0.3 is 10.6 Å². The van der Waals surface area contributed by atoms with Crippen molar-refractivity contribution in [1.29, 1.82) is 0 Å². The number of benzene rings is 3. The van der Waals surface area contributed by atoms with Gasteiger partial charge in [0, 0.05) is 35.4 Å². The molecule has 0 aliphatic heterocycles. The predicted molar refractivity (Wildman–Crippen MR) is 119 cm³/mol. The molecule has 0 bridgehead atoms. The van der Waals surface area contributed by atoms with Gasteiger partial charge in [-0.2, -0.15) is 0 Å². The van der Waals surface area contributed by atoms with Crippen molar-refractivity contribution in [2.45, 2.75) is 12.4 Å². The van der Waals surface area contributed by atoms with Crippen molar-refractivity contribution >= 4 is 39.8 Å². The first-order chi connectivity index (χ1) is 14.2. The highest BCUT2D eigenvalue weighted by Crippen LogP contribution is 2.21. The van der Waals surface area contributed by atoms with Gasteiger partial charge in [-0.15, -0.1) is 11.6 Å². The second-order valence-corrected chi connectivity index (χ2v) is 6.94. The lowest BCUT2D eigenvalue weighted by molar-refractivity contribution is 0.102. The van der Waals surface area contributed by atoms with Gasteiger partial charge in [0.05, 0.1) is 11.1 Å². The summed E-state index contributed by atoms with van der Waals surface area (Å²) in [5, 5.41) is 7.45. The van der Waals surface area contributed by atoms with Gasteiger partial charge in [0.1, 0.15) is 0 Å². The van der Waals surface area contributed by atoms with Crippen LogP contribution in [0.3, 0.4) is 0 Å². The highest BCUT2D eigenvalue weighted by atomic mass is 35.5. The number of nitrogens with zero attached hydrogens (tertiary/aromatic N) is 1. The van der Waals surface area contributed by atoms with Crippen LogP contribution in [0.1, 0.15) is 21.5 Å². The number of carbonyl (C=O) groups excluding carboxylic acids is 1. The lowest BCUT2D eigenvalue weighted by Crippen LogP contribution is -2.15. The second kappa shape index (κ2) is 8.76. The van der Waals surface area contributed by atoms with Crippen LogP contribution in [-0.2, 0) is 12.4 Å². The first-order valence-electron chi connectivity index (χ1n) is 9.36. The number of hydrogen-bond acceptors (Lipinski definition) is 3. The summed E-state index contributed by atoms with van der Waals surface area (Å²) in [7, 11) is 0. The van der Waals surface area contributed by atoms with Crippen molar-refractivity contribution in [2.75, 3.05) is 10.6 Å². The standard InChI is InChI=1S/C24H20ClN3O/c25-15-17-9-11-19(12-10-17)28-24(29)21-6-2-4-8-23(21)27-16-18-13-14-26-22-7-3-1-5-20(18)22/h1-14,27H,15-16H2,(H,28,29). The van der Waals surface area contributed by atoms with E-state index in [0.29, 0.717) is 18.0 Å². The number of halogens is 1. The second-order valence-electron chi connectivity index (χ2n) is 6.67. The van der Waals surface area contributed by atoms with E-state index in [9.17, 15) is 4.79 Å². The molecule has 0 radical (unpaired) electrons. The maximum absolute atomic E-state index is 12.8. The molecule has 0 unspecified atom stereocenters. The average molecular weight is 402 g/mol. The highest BCUT2D eigenvalue weighted by Gasteiger charge is 2.12. The number of alkyl halides is 1. The summed E-state index contributed by atoms with van der Waals surface area (Å²) in [6, 6.07) is 25.1. The molecule has 0 atom stereocenters. The Balaban J connectivity index is 1.52. The Bertz CT molecular complexity index is 1140. The van der Waals surface area contributed by atoms with Crippen molar-refractivity contribution < 1.29 is 4.79 Å². The maximum atomic E-state index is 12.8. The molecule has 1 amide bonds. The van der Waals surface area contributed by atoms with Crippen LogP contribution in [0.25, 0.3) is 10.9 Å². The van der Waals surface area contributed by atoms with E-state index in [-0.39, 0.29) is 5.91 Å². The molecule has 0 fully saturated rings. The van der Waals surface area contributed by atoms with Gasteiger partial charge in [-0.05, 0) is 47.5 Å². The van der Waals surface area contributed by atoms with Crippen molar-refractivity contribution in [1.82, 2.24) is 4.98 Å². The zero-order valence-corrected chi connectivity index (χ0v) is 16.5. The Kier molecular flexibility index (Phi) is 5.73. The first kappa shape index (κ1) is 19.0. The number of para-hydroxylation sites is 2. The maximum Gasteiger partial charge on any atom is 0.257 e. The fraction of sp³-hybridized carbons (Fsp3) is 0.0833. The van der Waals surface area contributed by atoms with Crippen LogP contribution < -0.4 is 10.6 Å². The zero-order valence-electron chi connectivity index (χ0n) is 15.7. The molecule has 4 aromatic rings. The predicted octanol–water partition coefficient (Wildman–Crippen LogP) is 5.84. The minimum Gasteiger partial charge on any atom is -0.380 e. The van der Waals surface area contributed by atoms with Crippen LogP contribution >= 0.6 is 11.6 Å². The third kappa shape index (κ3) is 4.39. The normalized spacial score (nSPS) is 10.7. The van der Waals surface area contributed by atoms with E-state index in [1.807, 2.05) is 79.0 Å². The number of fused-ring (bicyclic) bond motifs is 1. The van der Waals surface area contributed by atoms with Gasteiger partial charge in [-0.1, -0.05) is 42.5 Å². The molecule has 5 heteroatoms. The van der Waals surface area contributed by atoms with E-state index in [1.54, 1.807) is 0 Å². The Morgan fingerprint density at radius 1 is 0.897 bits per heavy atom. The van der Waals surface area contributed by atoms with E-state index >= 15 is 0 Å². The SMILES string of the molecule is O=C(Nc1ccc(CCl)cc1)c1ccccc1NCc1ccnc2ccccc12. The number of aromatic nitrogens is 1. The van der Waals surface area contributed by atoms with Crippen molar-refractivity contribution in [3.8, 4) is 0 Å². The summed E-state index contributed by atoms with van der Waals surface area (Å²) in [4.78, 5) is 17.2. The van der Waals surface area contributed by atoms with Crippen molar-refractivity contribution in [2.24, 2.45) is 0 Å². The minimum absolute atomic E-state index is 0.161. The Labute approximate surface area is 174 Å². The quantitative estimate of drug-likeness (QED) is 0.399. The van der Waals surface area contributed by atoms with Crippen molar-refractivity contribution in [3.05, 3.63) is 102 Å². The lowest BCUT2D eigenvalue weighted by atomic mass is 10.1. The number of carbonyl (C=O) groups is 1. The van der Waals surface area contributed by atoms with E-state index < -0.39 is 0 Å². The summed E-state index contributed by atoms with van der Waals surface area (Å²) in [6.07, 6.45) is 1.81. The highest BCUT2D eigenvalue weighted by molar-refractivity contribution is 6.17. The van der Waals surface area contributed by atoms with Crippen molar-refractivity contribution in [3.63, 3.8) is 0 Å². The van der Waals surface area contributed by atoms with E-state index in [2.05, 4.69) is 21.7 Å². The Morgan fingerprint density at radius 3 is 2.48 bits per heavy atom. The van der Waals surface area contributed by atoms with Crippen LogP contribution in [0.2, 0.25) is 0 Å². The van der Waals surface area contributed by atoms with E-state index in [4.69, 9.17) is 11.6 Å². The molecule has 3 aromatic carbocycles. The molecule has 144 valence electrons. The summed E-state index contributed by atoms with van der Waals surface area (Å²) < 4.78 is 0. The van der Waals surface area contributed by atoms with Gasteiger partial charge in [0.25, 0.3) is 5.91 Å². The third-order valence-electron chi connectivity index (χ3n) is 4.75. The summed E-state index contributed by atoms with van der Waals surface area (Å²) >= 11 is 5.82. The fourth-order valence-electron chi connectivity index (χ4n) is 3.21. The van der Waals surface area contributed by atoms with Crippen LogP contribution in [0, 0.1) is 0 Å². The van der Waals surface area contributed by atoms with E-state index in [0.717, 1.165) is 33.4 Å². The molecule has 0 aliphatic rings. The number of rotatable bonds is 6. The number of anilines is 2. The van der Waals surface area contributed by atoms with Crippen LogP contribution in [0.15, 0.2) is 85.1 Å². The number of nitrogens with one attached hydrogen (secondary N) is 2. The Morgan fingerprint density at radius 2 is 1.66 bits per heavy atom. The smallest absolute Gasteiger partial charge is 0.257 e. The molecule has 0 saturated heterocycles. The third-order valence-corrected chi connectivity index (χ3v) is 5.06. The van der Waals surface area contributed by atoms with Gasteiger partial charge >= 0.3 is 0 Å². The minimum atomic E-state index is -0.161. The molecule has 4 rings (SSSR count). The molecule has 4 nitrogen and oxygen atoms in total. The molecule has 1 aromatic heterocycles. The number of pyridine rings is 1. The molecule has 2 N–H and O–H groups in total. The largest absolute Gasteiger partial charge is 0.380 e. The molecular formula is C24H20ClN3O. The van der Waals surface area contributed by atoms with E-state index in [1.165, 1.54) is 0 Å². The molecule has 0 spiro atoms. The fourth-order valence-corrected chi connectivity index (χ4v) is 3.39. The van der Waals surface area contributed by atoms with Gasteiger partial charge in [-0.3, -0.25) is 9.78 Å². The summed E-state index contributed by atoms with van der Waals surface area (Å²) in [5.41, 5.74) is 5.20. The summed E-state index contributed by atoms with van der Waals surface area (Å²) in [6.45, 7) is 0.595. The van der Waals surface area contributed by atoms with Gasteiger partial charge in [-0.25, -0.2) is 0 Å². The molecular weight excluding hydrogens is 382 g/mol. The molecule has 29 heavy (non-hydrogen) atoms. The van der Waals surface area contributed by atoms with Crippen LogP contribution in [0.5, 0.6) is 0 Å². The zero-order chi connectivity index (χ0) is 20.1. The molecule has 0 aliphatic carbocycles. The van der Waals surface area contributed by atoms with Gasteiger partial charge in [0.2, 0.25) is 0 Å². The molecule has 1 heterocycles. The summed E-state index contributed by atoms with van der Waals surface area (Å²) in [5.74, 6) is 0.288. The molecule has 0 saturated carbocycles.